The molecule has 0 aliphatic carbocycles. The van der Waals surface area contributed by atoms with Gasteiger partial charge in [-0.3, -0.25) is 4.98 Å². The van der Waals surface area contributed by atoms with Crippen molar-refractivity contribution in [1.29, 1.82) is 0 Å². The van der Waals surface area contributed by atoms with Crippen LogP contribution in [0.4, 0.5) is 4.39 Å². The van der Waals surface area contributed by atoms with E-state index in [1.165, 1.54) is 6.07 Å². The Morgan fingerprint density at radius 1 is 1.27 bits per heavy atom. The summed E-state index contributed by atoms with van der Waals surface area (Å²) in [6.45, 7) is 0. The standard InChI is InChI=1S/C11H6BrClFN/c12-8-4-7(5-15-6-8)9-2-1-3-10(14)11(9)13/h1-6H. The average molecular weight is 287 g/mol. The van der Waals surface area contributed by atoms with Crippen molar-refractivity contribution in [2.75, 3.05) is 0 Å². The minimum atomic E-state index is -0.422. The lowest BCUT2D eigenvalue weighted by Gasteiger charge is -2.04. The lowest BCUT2D eigenvalue weighted by atomic mass is 10.1. The van der Waals surface area contributed by atoms with Crippen LogP contribution in [-0.4, -0.2) is 4.98 Å². The van der Waals surface area contributed by atoms with E-state index in [-0.39, 0.29) is 5.02 Å². The second-order valence-corrected chi connectivity index (χ2v) is 4.29. The fourth-order valence-corrected chi connectivity index (χ4v) is 1.89. The molecule has 0 fully saturated rings. The van der Waals surface area contributed by atoms with Gasteiger partial charge in [0.2, 0.25) is 0 Å². The lowest BCUT2D eigenvalue weighted by molar-refractivity contribution is 0.629. The molecule has 2 rings (SSSR count). The van der Waals surface area contributed by atoms with E-state index < -0.39 is 5.82 Å². The van der Waals surface area contributed by atoms with Crippen LogP contribution in [0.2, 0.25) is 5.02 Å². The Balaban J connectivity index is 2.59. The van der Waals surface area contributed by atoms with Gasteiger partial charge in [-0.25, -0.2) is 4.39 Å². The van der Waals surface area contributed by atoms with Gasteiger partial charge in [0.1, 0.15) is 5.82 Å². The minimum Gasteiger partial charge on any atom is -0.263 e. The fraction of sp³-hybridized carbons (Fsp3) is 0. The molecule has 1 nitrogen and oxygen atoms in total. The summed E-state index contributed by atoms with van der Waals surface area (Å²) in [7, 11) is 0. The molecule has 0 radical (unpaired) electrons. The molecule has 4 heteroatoms. The molecule has 76 valence electrons. The zero-order valence-electron chi connectivity index (χ0n) is 7.55. The first-order valence-electron chi connectivity index (χ1n) is 4.23. The van der Waals surface area contributed by atoms with Crippen LogP contribution in [0.3, 0.4) is 0 Å². The Kier molecular flexibility index (Phi) is 3.03. The van der Waals surface area contributed by atoms with Gasteiger partial charge < -0.3 is 0 Å². The van der Waals surface area contributed by atoms with Gasteiger partial charge in [-0.1, -0.05) is 23.7 Å². The zero-order chi connectivity index (χ0) is 10.8. The zero-order valence-corrected chi connectivity index (χ0v) is 9.89. The van der Waals surface area contributed by atoms with Crippen LogP contribution < -0.4 is 0 Å². The van der Waals surface area contributed by atoms with Crippen LogP contribution in [0.25, 0.3) is 11.1 Å². The summed E-state index contributed by atoms with van der Waals surface area (Å²) in [5.74, 6) is -0.422. The molecule has 0 aliphatic rings. The van der Waals surface area contributed by atoms with E-state index in [1.807, 2.05) is 6.07 Å². The largest absolute Gasteiger partial charge is 0.263 e. The van der Waals surface area contributed by atoms with Crippen molar-refractivity contribution in [1.82, 2.24) is 4.98 Å². The van der Waals surface area contributed by atoms with Gasteiger partial charge in [0, 0.05) is 28.0 Å². The Hall–Kier alpha value is -0.930. The van der Waals surface area contributed by atoms with Crippen molar-refractivity contribution in [2.24, 2.45) is 0 Å². The quantitative estimate of drug-likeness (QED) is 0.761. The van der Waals surface area contributed by atoms with E-state index in [0.29, 0.717) is 5.56 Å². The minimum absolute atomic E-state index is 0.123. The molecule has 0 spiro atoms. The second kappa shape index (κ2) is 4.29. The van der Waals surface area contributed by atoms with Crippen LogP contribution in [0, 0.1) is 5.82 Å². The molecule has 1 aromatic heterocycles. The third kappa shape index (κ3) is 2.19. The summed E-state index contributed by atoms with van der Waals surface area (Å²) in [5.41, 5.74) is 1.43. The molecule has 0 saturated carbocycles. The number of halogens is 3. The number of nitrogens with zero attached hydrogens (tertiary/aromatic N) is 1. The lowest BCUT2D eigenvalue weighted by Crippen LogP contribution is -1.84. The molecule has 0 aliphatic heterocycles. The van der Waals surface area contributed by atoms with Gasteiger partial charge >= 0.3 is 0 Å². The van der Waals surface area contributed by atoms with Crippen LogP contribution in [0.1, 0.15) is 0 Å². The number of benzene rings is 1. The highest BCUT2D eigenvalue weighted by Crippen LogP contribution is 2.30. The van der Waals surface area contributed by atoms with Crippen LogP contribution >= 0.6 is 27.5 Å². The van der Waals surface area contributed by atoms with Crippen molar-refractivity contribution in [2.45, 2.75) is 0 Å². The first-order valence-corrected chi connectivity index (χ1v) is 5.40. The predicted molar refractivity (Wildman–Crippen MR) is 62.3 cm³/mol. The first-order chi connectivity index (χ1) is 7.18. The van der Waals surface area contributed by atoms with Gasteiger partial charge in [0.05, 0.1) is 5.02 Å². The van der Waals surface area contributed by atoms with E-state index in [9.17, 15) is 4.39 Å². The maximum Gasteiger partial charge on any atom is 0.142 e. The van der Waals surface area contributed by atoms with Crippen LogP contribution in [-0.2, 0) is 0 Å². The van der Waals surface area contributed by atoms with Gasteiger partial charge in [0.15, 0.2) is 0 Å². The molecule has 2 aromatic rings. The normalized spacial score (nSPS) is 10.3. The Labute approximate surface area is 100 Å². The Bertz CT molecular complexity index is 502. The summed E-state index contributed by atoms with van der Waals surface area (Å²) >= 11 is 9.17. The Morgan fingerprint density at radius 3 is 2.80 bits per heavy atom. The summed E-state index contributed by atoms with van der Waals surface area (Å²) < 4.78 is 14.0. The summed E-state index contributed by atoms with van der Waals surface area (Å²) in [6.07, 6.45) is 3.31. The van der Waals surface area contributed by atoms with Crippen molar-refractivity contribution >= 4 is 27.5 Å². The maximum atomic E-state index is 13.2. The number of aromatic nitrogens is 1. The van der Waals surface area contributed by atoms with Crippen LogP contribution in [0.15, 0.2) is 41.1 Å². The highest BCUT2D eigenvalue weighted by atomic mass is 79.9. The van der Waals surface area contributed by atoms with Crippen LogP contribution in [0.5, 0.6) is 0 Å². The first kappa shape index (κ1) is 10.6. The molecular formula is C11H6BrClFN. The highest BCUT2D eigenvalue weighted by Gasteiger charge is 2.07. The summed E-state index contributed by atoms with van der Waals surface area (Å²) in [6, 6.07) is 6.55. The van der Waals surface area contributed by atoms with Crippen molar-refractivity contribution < 1.29 is 4.39 Å². The molecule has 0 N–H and O–H groups in total. The molecule has 1 heterocycles. The third-order valence-electron chi connectivity index (χ3n) is 1.97. The SMILES string of the molecule is Fc1cccc(-c2cncc(Br)c2)c1Cl. The van der Waals surface area contributed by atoms with E-state index in [4.69, 9.17) is 11.6 Å². The molecular weight excluding hydrogens is 280 g/mol. The summed E-state index contributed by atoms with van der Waals surface area (Å²) in [4.78, 5) is 4.00. The van der Waals surface area contributed by atoms with Gasteiger partial charge in [-0.2, -0.15) is 0 Å². The van der Waals surface area contributed by atoms with Gasteiger partial charge in [-0.15, -0.1) is 0 Å². The molecule has 0 unspecified atom stereocenters. The van der Waals surface area contributed by atoms with Gasteiger partial charge in [-0.05, 0) is 28.1 Å². The summed E-state index contributed by atoms with van der Waals surface area (Å²) in [5, 5.41) is 0.123. The van der Waals surface area contributed by atoms with E-state index in [1.54, 1.807) is 24.5 Å². The molecule has 0 saturated heterocycles. The highest BCUT2D eigenvalue weighted by molar-refractivity contribution is 9.10. The molecule has 0 atom stereocenters. The number of pyridine rings is 1. The number of rotatable bonds is 1. The average Bonchev–Trinajstić information content (AvgIpc) is 2.22. The molecule has 1 aromatic carbocycles. The maximum absolute atomic E-state index is 13.2. The molecule has 0 amide bonds. The molecule has 15 heavy (non-hydrogen) atoms. The van der Waals surface area contributed by atoms with E-state index in [2.05, 4.69) is 20.9 Å². The van der Waals surface area contributed by atoms with Gasteiger partial charge in [0.25, 0.3) is 0 Å². The Morgan fingerprint density at radius 2 is 2.07 bits per heavy atom. The van der Waals surface area contributed by atoms with E-state index >= 15 is 0 Å². The number of hydrogen-bond acceptors (Lipinski definition) is 1. The monoisotopic (exact) mass is 285 g/mol. The van der Waals surface area contributed by atoms with Crippen molar-refractivity contribution in [3.05, 3.63) is 52.0 Å². The molecule has 0 bridgehead atoms. The van der Waals surface area contributed by atoms with E-state index in [0.717, 1.165) is 10.0 Å². The number of hydrogen-bond donors (Lipinski definition) is 0. The smallest absolute Gasteiger partial charge is 0.142 e. The van der Waals surface area contributed by atoms with Crippen molar-refractivity contribution in [3.8, 4) is 11.1 Å². The topological polar surface area (TPSA) is 12.9 Å². The predicted octanol–water partition coefficient (Wildman–Crippen LogP) is 4.30. The third-order valence-corrected chi connectivity index (χ3v) is 2.79. The van der Waals surface area contributed by atoms with Crippen molar-refractivity contribution in [3.63, 3.8) is 0 Å². The fourth-order valence-electron chi connectivity index (χ4n) is 1.29. The second-order valence-electron chi connectivity index (χ2n) is 2.99.